The highest BCUT2D eigenvalue weighted by molar-refractivity contribution is 5.90. The first-order chi connectivity index (χ1) is 14.0. The predicted octanol–water partition coefficient (Wildman–Crippen LogP) is 4.84. The van der Waals surface area contributed by atoms with Gasteiger partial charge in [0.25, 0.3) is 0 Å². The third-order valence-electron chi connectivity index (χ3n) is 5.48. The number of carbonyl (C=O) groups excluding carboxylic acids is 1. The smallest absolute Gasteiger partial charge is 0.227 e. The maximum absolute atomic E-state index is 13.0. The summed E-state index contributed by atoms with van der Waals surface area (Å²) in [5.74, 6) is 0.104. The van der Waals surface area contributed by atoms with Gasteiger partial charge < -0.3 is 4.90 Å². The van der Waals surface area contributed by atoms with Crippen molar-refractivity contribution in [3.63, 3.8) is 0 Å². The molecule has 4 rings (SSSR count). The summed E-state index contributed by atoms with van der Waals surface area (Å²) in [4.78, 5) is 14.8. The number of fused-ring (bicyclic) bond motifs is 1. The van der Waals surface area contributed by atoms with Gasteiger partial charge in [0.2, 0.25) is 5.91 Å². The predicted molar refractivity (Wildman–Crippen MR) is 117 cm³/mol. The second kappa shape index (κ2) is 7.92. The fourth-order valence-electron chi connectivity index (χ4n) is 3.79. The van der Waals surface area contributed by atoms with Gasteiger partial charge in [-0.1, -0.05) is 60.7 Å². The van der Waals surface area contributed by atoms with Crippen LogP contribution in [0, 0.1) is 13.8 Å². The molecule has 0 saturated carbocycles. The Morgan fingerprint density at radius 2 is 1.62 bits per heavy atom. The normalized spacial score (nSPS) is 11.0. The average Bonchev–Trinajstić information content (AvgIpc) is 3.03. The topological polar surface area (TPSA) is 38.1 Å². The monoisotopic (exact) mass is 383 g/mol. The van der Waals surface area contributed by atoms with Crippen molar-refractivity contribution in [2.45, 2.75) is 26.8 Å². The molecular formula is C25H25N3O. The van der Waals surface area contributed by atoms with Gasteiger partial charge in [-0.2, -0.15) is 5.10 Å². The minimum Gasteiger partial charge on any atom is -0.341 e. The van der Waals surface area contributed by atoms with E-state index >= 15 is 0 Å². The van der Waals surface area contributed by atoms with Crippen LogP contribution in [0.1, 0.15) is 22.5 Å². The van der Waals surface area contributed by atoms with Crippen molar-refractivity contribution in [2.75, 3.05) is 7.05 Å². The van der Waals surface area contributed by atoms with Crippen LogP contribution in [-0.2, 0) is 17.8 Å². The maximum Gasteiger partial charge on any atom is 0.227 e. The van der Waals surface area contributed by atoms with Crippen molar-refractivity contribution in [1.82, 2.24) is 14.7 Å². The van der Waals surface area contributed by atoms with Gasteiger partial charge in [-0.25, -0.2) is 4.68 Å². The van der Waals surface area contributed by atoms with E-state index in [1.165, 1.54) is 0 Å². The Bertz CT molecular complexity index is 1160. The fraction of sp³-hybridized carbons (Fsp3) is 0.200. The van der Waals surface area contributed by atoms with Crippen LogP contribution in [0.15, 0.2) is 72.8 Å². The molecule has 0 aliphatic heterocycles. The molecule has 0 fully saturated rings. The summed E-state index contributed by atoms with van der Waals surface area (Å²) in [7, 11) is 1.87. The number of benzene rings is 3. The summed E-state index contributed by atoms with van der Waals surface area (Å²) in [6.45, 7) is 4.62. The lowest BCUT2D eigenvalue weighted by atomic mass is 10.0. The highest BCUT2D eigenvalue weighted by Gasteiger charge is 2.18. The lowest BCUT2D eigenvalue weighted by Gasteiger charge is -2.18. The van der Waals surface area contributed by atoms with Crippen LogP contribution in [0.2, 0.25) is 0 Å². The van der Waals surface area contributed by atoms with Gasteiger partial charge >= 0.3 is 0 Å². The van der Waals surface area contributed by atoms with E-state index in [4.69, 9.17) is 5.10 Å². The van der Waals surface area contributed by atoms with E-state index in [1.54, 1.807) is 4.90 Å². The van der Waals surface area contributed by atoms with Crippen LogP contribution < -0.4 is 0 Å². The van der Waals surface area contributed by atoms with Crippen LogP contribution in [-0.4, -0.2) is 27.6 Å². The number of likely N-dealkylation sites (N-methyl/N-ethyl adjacent to an activating group) is 1. The molecule has 3 aromatic carbocycles. The van der Waals surface area contributed by atoms with Crippen LogP contribution in [0.5, 0.6) is 0 Å². The zero-order valence-corrected chi connectivity index (χ0v) is 17.1. The molecule has 0 aliphatic carbocycles. The van der Waals surface area contributed by atoms with Crippen LogP contribution >= 0.6 is 0 Å². The first-order valence-electron chi connectivity index (χ1n) is 9.85. The first-order valence-corrected chi connectivity index (χ1v) is 9.85. The fourth-order valence-corrected chi connectivity index (χ4v) is 3.79. The number of aryl methyl sites for hydroxylation is 1. The quantitative estimate of drug-likeness (QED) is 0.494. The SMILES string of the molecule is Cc1nn(-c2ccccc2)c(C)c1CN(C)C(=O)Cc1cccc2ccccc12. The first kappa shape index (κ1) is 18.9. The summed E-state index contributed by atoms with van der Waals surface area (Å²) in [6.07, 6.45) is 0.392. The van der Waals surface area contributed by atoms with Crippen molar-refractivity contribution in [3.8, 4) is 5.69 Å². The Balaban J connectivity index is 1.54. The van der Waals surface area contributed by atoms with Crippen molar-refractivity contribution in [1.29, 1.82) is 0 Å². The minimum atomic E-state index is 0.104. The Labute approximate surface area is 171 Å². The van der Waals surface area contributed by atoms with Crippen LogP contribution in [0.25, 0.3) is 16.5 Å². The molecule has 4 aromatic rings. The van der Waals surface area contributed by atoms with Gasteiger partial charge in [0.15, 0.2) is 0 Å². The zero-order valence-electron chi connectivity index (χ0n) is 17.1. The van der Waals surface area contributed by atoms with Crippen molar-refractivity contribution >= 4 is 16.7 Å². The molecule has 0 radical (unpaired) electrons. The number of hydrogen-bond acceptors (Lipinski definition) is 2. The standard InChI is InChI=1S/C25H25N3O/c1-18-24(19(2)28(26-18)22-13-5-4-6-14-22)17-27(3)25(29)16-21-12-9-11-20-10-7-8-15-23(20)21/h4-15H,16-17H2,1-3H3. The molecule has 0 unspecified atom stereocenters. The lowest BCUT2D eigenvalue weighted by Crippen LogP contribution is -2.28. The van der Waals surface area contributed by atoms with E-state index in [2.05, 4.69) is 25.1 Å². The van der Waals surface area contributed by atoms with E-state index in [9.17, 15) is 4.79 Å². The number of rotatable bonds is 5. The Hall–Kier alpha value is -3.40. The van der Waals surface area contributed by atoms with Crippen LogP contribution in [0.4, 0.5) is 0 Å². The molecule has 0 atom stereocenters. The summed E-state index contributed by atoms with van der Waals surface area (Å²) in [6, 6.07) is 24.4. The molecule has 0 saturated heterocycles. The number of nitrogens with zero attached hydrogens (tertiary/aromatic N) is 3. The van der Waals surface area contributed by atoms with E-state index < -0.39 is 0 Å². The second-order valence-corrected chi connectivity index (χ2v) is 7.46. The summed E-state index contributed by atoms with van der Waals surface area (Å²) in [5, 5.41) is 7.00. The van der Waals surface area contributed by atoms with Crippen molar-refractivity contribution < 1.29 is 4.79 Å². The Morgan fingerprint density at radius 1 is 0.931 bits per heavy atom. The highest BCUT2D eigenvalue weighted by atomic mass is 16.2. The molecule has 29 heavy (non-hydrogen) atoms. The average molecular weight is 383 g/mol. The van der Waals surface area contributed by atoms with Crippen LogP contribution in [0.3, 0.4) is 0 Å². The van der Waals surface area contributed by atoms with E-state index in [0.717, 1.165) is 39.0 Å². The number of aromatic nitrogens is 2. The second-order valence-electron chi connectivity index (χ2n) is 7.46. The highest BCUT2D eigenvalue weighted by Crippen LogP contribution is 2.22. The largest absolute Gasteiger partial charge is 0.341 e. The molecular weight excluding hydrogens is 358 g/mol. The molecule has 0 bridgehead atoms. The maximum atomic E-state index is 13.0. The lowest BCUT2D eigenvalue weighted by molar-refractivity contribution is -0.129. The molecule has 0 N–H and O–H groups in total. The molecule has 146 valence electrons. The van der Waals surface area contributed by atoms with Gasteiger partial charge in [-0.05, 0) is 42.3 Å². The third kappa shape index (κ3) is 3.79. The molecule has 4 heteroatoms. The summed E-state index contributed by atoms with van der Waals surface area (Å²) >= 11 is 0. The Kier molecular flexibility index (Phi) is 5.17. The van der Waals surface area contributed by atoms with Gasteiger partial charge in [-0.15, -0.1) is 0 Å². The van der Waals surface area contributed by atoms with Gasteiger partial charge in [0.1, 0.15) is 0 Å². The van der Waals surface area contributed by atoms with E-state index in [-0.39, 0.29) is 5.91 Å². The number of amides is 1. The molecule has 1 aromatic heterocycles. The molecule has 1 amide bonds. The summed E-state index contributed by atoms with van der Waals surface area (Å²) < 4.78 is 1.95. The number of para-hydroxylation sites is 1. The number of hydrogen-bond donors (Lipinski definition) is 0. The number of carbonyl (C=O) groups is 1. The zero-order chi connectivity index (χ0) is 20.4. The molecule has 0 spiro atoms. The third-order valence-corrected chi connectivity index (χ3v) is 5.48. The van der Waals surface area contributed by atoms with Crippen molar-refractivity contribution in [2.24, 2.45) is 0 Å². The van der Waals surface area contributed by atoms with E-state index in [1.807, 2.05) is 73.3 Å². The molecule has 0 aliphatic rings. The van der Waals surface area contributed by atoms with Crippen molar-refractivity contribution in [3.05, 3.63) is 95.3 Å². The van der Waals surface area contributed by atoms with E-state index in [0.29, 0.717) is 13.0 Å². The molecule has 4 nitrogen and oxygen atoms in total. The molecule has 1 heterocycles. The minimum absolute atomic E-state index is 0.104. The summed E-state index contributed by atoms with van der Waals surface area (Å²) in [5.41, 5.74) is 5.22. The van der Waals surface area contributed by atoms with Gasteiger partial charge in [0.05, 0.1) is 17.8 Å². The van der Waals surface area contributed by atoms with Gasteiger partial charge in [0, 0.05) is 24.8 Å². The Morgan fingerprint density at radius 3 is 2.41 bits per heavy atom. The van der Waals surface area contributed by atoms with Gasteiger partial charge in [-0.3, -0.25) is 4.79 Å².